The zero-order chi connectivity index (χ0) is 27.0. The van der Waals surface area contributed by atoms with Crippen LogP contribution in [-0.2, 0) is 16.0 Å². The van der Waals surface area contributed by atoms with Gasteiger partial charge >= 0.3 is 0 Å². The molecule has 6 nitrogen and oxygen atoms in total. The Morgan fingerprint density at radius 1 is 0.744 bits per heavy atom. The number of benzene rings is 4. The lowest BCUT2D eigenvalue weighted by atomic mass is 9.90. The molecule has 0 fully saturated rings. The fourth-order valence-electron chi connectivity index (χ4n) is 4.30. The van der Waals surface area contributed by atoms with Gasteiger partial charge in [0.2, 0.25) is 16.9 Å². The Hall–Kier alpha value is -4.33. The van der Waals surface area contributed by atoms with Gasteiger partial charge in [0.25, 0.3) is 0 Å². The van der Waals surface area contributed by atoms with Crippen molar-refractivity contribution in [3.05, 3.63) is 137 Å². The Morgan fingerprint density at radius 2 is 1.36 bits per heavy atom. The first-order valence-electron chi connectivity index (χ1n) is 12.4. The number of rotatable bonds is 9. The van der Waals surface area contributed by atoms with E-state index < -0.39 is 12.0 Å². The van der Waals surface area contributed by atoms with Crippen molar-refractivity contribution in [1.82, 2.24) is 15.5 Å². The first-order valence-corrected chi connectivity index (χ1v) is 13.6. The minimum atomic E-state index is -0.839. The maximum absolute atomic E-state index is 13.8. The molecular formula is C31H25ClN4O2S. The second-order valence-corrected chi connectivity index (χ2v) is 10.3. The molecule has 0 saturated carbocycles. The van der Waals surface area contributed by atoms with Crippen LogP contribution in [0.4, 0.5) is 5.13 Å². The molecule has 1 heterocycles. The molecule has 0 saturated heterocycles. The first-order chi connectivity index (χ1) is 19.1. The number of nitrogens with zero attached hydrogens (tertiary/aromatic N) is 2. The van der Waals surface area contributed by atoms with Gasteiger partial charge in [-0.1, -0.05) is 126 Å². The van der Waals surface area contributed by atoms with Crippen molar-refractivity contribution in [2.75, 3.05) is 5.32 Å². The molecule has 8 heteroatoms. The molecule has 0 aliphatic rings. The summed E-state index contributed by atoms with van der Waals surface area (Å²) < 4.78 is 0. The fraction of sp³-hybridized carbons (Fsp3) is 0.0968. The number of hydrogen-bond donors (Lipinski definition) is 2. The Morgan fingerprint density at radius 3 is 1.97 bits per heavy atom. The van der Waals surface area contributed by atoms with Crippen LogP contribution >= 0.6 is 22.9 Å². The van der Waals surface area contributed by atoms with Gasteiger partial charge in [-0.3, -0.25) is 14.9 Å². The number of nitrogens with one attached hydrogen (secondary N) is 2. The summed E-state index contributed by atoms with van der Waals surface area (Å²) in [6.07, 6.45) is 0.314. The number of carbonyl (C=O) groups excluding carboxylic acids is 2. The lowest BCUT2D eigenvalue weighted by Gasteiger charge is -2.23. The van der Waals surface area contributed by atoms with Gasteiger partial charge in [-0.05, 0) is 28.8 Å². The van der Waals surface area contributed by atoms with Gasteiger partial charge in [-0.2, -0.15) is 0 Å². The highest BCUT2D eigenvalue weighted by Gasteiger charge is 2.28. The van der Waals surface area contributed by atoms with Crippen LogP contribution in [-0.4, -0.2) is 28.1 Å². The third kappa shape index (κ3) is 6.76. The van der Waals surface area contributed by atoms with Gasteiger partial charge in [-0.15, -0.1) is 10.2 Å². The molecular weight excluding hydrogens is 528 g/mol. The lowest BCUT2D eigenvalue weighted by Crippen LogP contribution is -2.47. The van der Waals surface area contributed by atoms with E-state index in [0.717, 1.165) is 22.3 Å². The number of amides is 2. The molecule has 1 aromatic heterocycles. The predicted molar refractivity (Wildman–Crippen MR) is 156 cm³/mol. The third-order valence-electron chi connectivity index (χ3n) is 6.17. The maximum Gasteiger partial charge on any atom is 0.249 e. The smallest absolute Gasteiger partial charge is 0.249 e. The van der Waals surface area contributed by atoms with Crippen molar-refractivity contribution in [3.8, 4) is 10.6 Å². The highest BCUT2D eigenvalue weighted by atomic mass is 35.5. The molecule has 1 atom stereocenters. The number of hydrogen-bond acceptors (Lipinski definition) is 5. The van der Waals surface area contributed by atoms with E-state index in [9.17, 15) is 9.59 Å². The monoisotopic (exact) mass is 552 g/mol. The molecule has 2 N–H and O–H groups in total. The minimum absolute atomic E-state index is 0.264. The summed E-state index contributed by atoms with van der Waals surface area (Å²) in [4.78, 5) is 27.3. The number of anilines is 1. The van der Waals surface area contributed by atoms with Crippen molar-refractivity contribution in [1.29, 1.82) is 0 Å². The predicted octanol–water partition coefficient (Wildman–Crippen LogP) is 6.36. The van der Waals surface area contributed by atoms with Crippen LogP contribution in [0, 0.1) is 0 Å². The second-order valence-electron chi connectivity index (χ2n) is 8.92. The Labute approximate surface area is 235 Å². The number of aromatic nitrogens is 2. The van der Waals surface area contributed by atoms with Crippen LogP contribution in [0.1, 0.15) is 22.6 Å². The zero-order valence-electron chi connectivity index (χ0n) is 20.8. The normalized spacial score (nSPS) is 11.6. The molecule has 0 radical (unpaired) electrons. The zero-order valence-corrected chi connectivity index (χ0v) is 22.4. The van der Waals surface area contributed by atoms with Crippen molar-refractivity contribution in [3.63, 3.8) is 0 Å². The Balaban J connectivity index is 1.40. The summed E-state index contributed by atoms with van der Waals surface area (Å²) in [6, 6.07) is 35.1. The van der Waals surface area contributed by atoms with E-state index in [2.05, 4.69) is 20.8 Å². The van der Waals surface area contributed by atoms with Crippen molar-refractivity contribution >= 4 is 39.9 Å². The van der Waals surface area contributed by atoms with Crippen molar-refractivity contribution in [2.24, 2.45) is 0 Å². The maximum atomic E-state index is 13.8. The first kappa shape index (κ1) is 26.3. The average molecular weight is 553 g/mol. The van der Waals surface area contributed by atoms with Crippen molar-refractivity contribution in [2.45, 2.75) is 18.4 Å². The summed E-state index contributed by atoms with van der Waals surface area (Å²) >= 11 is 7.35. The van der Waals surface area contributed by atoms with Crippen LogP contribution in [0.25, 0.3) is 10.6 Å². The topological polar surface area (TPSA) is 84.0 Å². The van der Waals surface area contributed by atoms with Crippen LogP contribution in [0.3, 0.4) is 0 Å². The lowest BCUT2D eigenvalue weighted by molar-refractivity contribution is -0.126. The van der Waals surface area contributed by atoms with Gasteiger partial charge in [-0.25, -0.2) is 0 Å². The van der Waals surface area contributed by atoms with E-state index in [-0.39, 0.29) is 11.8 Å². The van der Waals surface area contributed by atoms with Crippen LogP contribution in [0.5, 0.6) is 0 Å². The van der Waals surface area contributed by atoms with E-state index in [1.54, 1.807) is 12.1 Å². The molecule has 5 rings (SSSR count). The Kier molecular flexibility index (Phi) is 8.41. The summed E-state index contributed by atoms with van der Waals surface area (Å²) in [5.74, 6) is -1.21. The largest absolute Gasteiger partial charge is 0.343 e. The molecule has 5 aromatic rings. The highest BCUT2D eigenvalue weighted by Crippen LogP contribution is 2.29. The fourth-order valence-corrected chi connectivity index (χ4v) is 5.24. The van der Waals surface area contributed by atoms with Gasteiger partial charge in [0.15, 0.2) is 0 Å². The summed E-state index contributed by atoms with van der Waals surface area (Å²) in [6.45, 7) is 0. The highest BCUT2D eigenvalue weighted by molar-refractivity contribution is 7.18. The van der Waals surface area contributed by atoms with E-state index in [1.165, 1.54) is 11.3 Å². The molecule has 0 spiro atoms. The van der Waals surface area contributed by atoms with E-state index in [0.29, 0.717) is 21.6 Å². The summed E-state index contributed by atoms with van der Waals surface area (Å²) in [5, 5.41) is 15.8. The third-order valence-corrected chi connectivity index (χ3v) is 7.29. The average Bonchev–Trinajstić information content (AvgIpc) is 3.43. The molecule has 2 amide bonds. The number of halogens is 1. The van der Waals surface area contributed by atoms with Gasteiger partial charge in [0.05, 0.1) is 5.92 Å². The Bertz CT molecular complexity index is 1510. The van der Waals surface area contributed by atoms with Gasteiger partial charge in [0, 0.05) is 17.0 Å². The second kappa shape index (κ2) is 12.5. The quantitative estimate of drug-likeness (QED) is 0.223. The number of carbonyl (C=O) groups is 2. The molecule has 0 unspecified atom stereocenters. The van der Waals surface area contributed by atoms with Crippen LogP contribution in [0.2, 0.25) is 5.02 Å². The van der Waals surface area contributed by atoms with Gasteiger partial charge in [0.1, 0.15) is 11.0 Å². The van der Waals surface area contributed by atoms with Crippen LogP contribution in [0.15, 0.2) is 115 Å². The molecule has 4 aromatic carbocycles. The van der Waals surface area contributed by atoms with E-state index >= 15 is 0 Å². The molecule has 0 aliphatic heterocycles. The molecule has 0 bridgehead atoms. The van der Waals surface area contributed by atoms with Crippen LogP contribution < -0.4 is 10.6 Å². The van der Waals surface area contributed by atoms with E-state index in [1.807, 2.05) is 103 Å². The summed E-state index contributed by atoms with van der Waals surface area (Å²) in [7, 11) is 0. The standard InChI is InChI=1S/C31H25ClN4O2S/c32-25-18-10-17-24(20-25)30-35-36-31(39-30)34-28(37)26(19-21-11-4-1-5-12-21)33-29(38)27(22-13-6-2-7-14-22)23-15-8-3-9-16-23/h1-18,20,26-27H,19H2,(H,33,38)(H,34,36,37)/t26-/m0/s1. The SMILES string of the molecule is O=C(N[C@@H](Cc1ccccc1)C(=O)Nc1nnc(-c2cccc(Cl)c2)s1)C(c1ccccc1)c1ccccc1. The van der Waals surface area contributed by atoms with Crippen molar-refractivity contribution < 1.29 is 9.59 Å². The molecule has 39 heavy (non-hydrogen) atoms. The summed E-state index contributed by atoms with van der Waals surface area (Å²) in [5.41, 5.74) is 3.42. The molecule has 194 valence electrons. The molecule has 0 aliphatic carbocycles. The minimum Gasteiger partial charge on any atom is -0.343 e. The van der Waals surface area contributed by atoms with Gasteiger partial charge < -0.3 is 5.32 Å². The van der Waals surface area contributed by atoms with E-state index in [4.69, 9.17) is 11.6 Å².